The average Bonchev–Trinajstić information content (AvgIpc) is 3.17. The molecule has 0 radical (unpaired) electrons. The number of aliphatic hydroxyl groups is 1. The van der Waals surface area contributed by atoms with Crippen LogP contribution in [0.3, 0.4) is 0 Å². The molecule has 0 saturated carbocycles. The minimum atomic E-state index is -0.784. The van der Waals surface area contributed by atoms with Crippen LogP contribution >= 0.6 is 0 Å². The standard InChI is InChI=1S/C49H82O5/c1-3-5-7-9-11-13-15-17-19-20-21-22-23-24-25-26-27-28-30-32-34-36-38-40-42-44-49(52)54-47(45-50)46-53-48(51)43-41-39-37-35-33-31-29-18-16-14-12-10-8-6-4-2/h5-8,11-14,17-19,21-22,29,47,50H,3-4,9-10,15-16,20,23-28,30-46H2,1-2H3/b7-5-,8-6-,13-11-,14-12-,19-17-,22-21-,29-18-. The van der Waals surface area contributed by atoms with Gasteiger partial charge in [-0.25, -0.2) is 0 Å². The van der Waals surface area contributed by atoms with Gasteiger partial charge in [0.1, 0.15) is 6.61 Å². The summed E-state index contributed by atoms with van der Waals surface area (Å²) in [5.41, 5.74) is 0. The van der Waals surface area contributed by atoms with E-state index >= 15 is 0 Å². The lowest BCUT2D eigenvalue weighted by molar-refractivity contribution is -0.161. The number of allylic oxidation sites excluding steroid dienone is 14. The van der Waals surface area contributed by atoms with E-state index in [9.17, 15) is 14.7 Å². The molecule has 0 heterocycles. The van der Waals surface area contributed by atoms with Crippen LogP contribution in [-0.2, 0) is 19.1 Å². The summed E-state index contributed by atoms with van der Waals surface area (Å²) < 4.78 is 10.6. The molecule has 5 heteroatoms. The van der Waals surface area contributed by atoms with Crippen LogP contribution < -0.4 is 0 Å². The van der Waals surface area contributed by atoms with Crippen molar-refractivity contribution in [2.75, 3.05) is 13.2 Å². The number of rotatable bonds is 39. The number of ether oxygens (including phenoxy) is 2. The van der Waals surface area contributed by atoms with Gasteiger partial charge in [0, 0.05) is 12.8 Å². The summed E-state index contributed by atoms with van der Waals surface area (Å²) in [6.45, 7) is 3.89. The van der Waals surface area contributed by atoms with Crippen LogP contribution in [0.2, 0.25) is 0 Å². The Balaban J connectivity index is 3.55. The third kappa shape index (κ3) is 41.8. The molecule has 1 N–H and O–H groups in total. The van der Waals surface area contributed by atoms with Crippen molar-refractivity contribution < 1.29 is 24.2 Å². The van der Waals surface area contributed by atoms with Crippen LogP contribution in [0.15, 0.2) is 85.1 Å². The molecule has 0 bridgehead atoms. The van der Waals surface area contributed by atoms with Gasteiger partial charge in [0.15, 0.2) is 6.10 Å². The van der Waals surface area contributed by atoms with Crippen LogP contribution in [0.4, 0.5) is 0 Å². The number of aliphatic hydroxyl groups excluding tert-OH is 1. The van der Waals surface area contributed by atoms with Gasteiger partial charge in [-0.3, -0.25) is 9.59 Å². The predicted molar refractivity (Wildman–Crippen MR) is 233 cm³/mol. The largest absolute Gasteiger partial charge is 0.462 e. The normalized spacial score (nSPS) is 13.0. The molecule has 0 fully saturated rings. The van der Waals surface area contributed by atoms with Gasteiger partial charge in [0.2, 0.25) is 0 Å². The van der Waals surface area contributed by atoms with E-state index in [4.69, 9.17) is 9.47 Å². The van der Waals surface area contributed by atoms with Crippen molar-refractivity contribution in [2.45, 2.75) is 200 Å². The van der Waals surface area contributed by atoms with Crippen LogP contribution in [0.1, 0.15) is 194 Å². The third-order valence-corrected chi connectivity index (χ3v) is 9.18. The van der Waals surface area contributed by atoms with E-state index in [1.165, 1.54) is 70.6 Å². The van der Waals surface area contributed by atoms with Crippen LogP contribution in [0, 0.1) is 0 Å². The van der Waals surface area contributed by atoms with Crippen molar-refractivity contribution in [3.05, 3.63) is 85.1 Å². The van der Waals surface area contributed by atoms with Gasteiger partial charge >= 0.3 is 11.9 Å². The Bertz CT molecular complexity index is 1030. The monoisotopic (exact) mass is 751 g/mol. The molecule has 0 aliphatic carbocycles. The summed E-state index contributed by atoms with van der Waals surface area (Å²) in [5, 5.41) is 9.58. The Morgan fingerprint density at radius 3 is 1.11 bits per heavy atom. The number of esters is 2. The molecule has 0 rings (SSSR count). The summed E-state index contributed by atoms with van der Waals surface area (Å²) >= 11 is 0. The van der Waals surface area contributed by atoms with Gasteiger partial charge in [0.05, 0.1) is 6.61 Å². The number of hydrogen-bond acceptors (Lipinski definition) is 5. The summed E-state index contributed by atoms with van der Waals surface area (Å²) in [6.07, 6.45) is 60.9. The van der Waals surface area contributed by atoms with Crippen molar-refractivity contribution in [1.29, 1.82) is 0 Å². The second-order valence-electron chi connectivity index (χ2n) is 14.4. The van der Waals surface area contributed by atoms with Crippen LogP contribution in [0.5, 0.6) is 0 Å². The van der Waals surface area contributed by atoms with Gasteiger partial charge in [0.25, 0.3) is 0 Å². The van der Waals surface area contributed by atoms with Gasteiger partial charge in [-0.15, -0.1) is 0 Å². The lowest BCUT2D eigenvalue weighted by atomic mass is 10.0. The van der Waals surface area contributed by atoms with Gasteiger partial charge in [-0.2, -0.15) is 0 Å². The van der Waals surface area contributed by atoms with Crippen molar-refractivity contribution in [3.63, 3.8) is 0 Å². The first-order valence-electron chi connectivity index (χ1n) is 22.1. The predicted octanol–water partition coefficient (Wildman–Crippen LogP) is 14.3. The van der Waals surface area contributed by atoms with Crippen LogP contribution in [-0.4, -0.2) is 36.4 Å². The highest BCUT2D eigenvalue weighted by atomic mass is 16.6. The average molecular weight is 751 g/mol. The van der Waals surface area contributed by atoms with E-state index < -0.39 is 6.10 Å². The Labute approximate surface area is 333 Å². The topological polar surface area (TPSA) is 72.8 Å². The zero-order valence-electron chi connectivity index (χ0n) is 35.0. The fourth-order valence-electron chi connectivity index (χ4n) is 5.91. The quantitative estimate of drug-likeness (QED) is 0.0385. The van der Waals surface area contributed by atoms with E-state index in [1.54, 1.807) is 0 Å². The van der Waals surface area contributed by atoms with Crippen molar-refractivity contribution in [1.82, 2.24) is 0 Å². The van der Waals surface area contributed by atoms with Crippen molar-refractivity contribution in [3.8, 4) is 0 Å². The first-order valence-corrected chi connectivity index (χ1v) is 22.1. The second-order valence-corrected chi connectivity index (χ2v) is 14.4. The number of unbranched alkanes of at least 4 members (excludes halogenated alkanes) is 17. The Morgan fingerprint density at radius 2 is 0.741 bits per heavy atom. The molecule has 0 saturated heterocycles. The molecule has 5 nitrogen and oxygen atoms in total. The van der Waals surface area contributed by atoms with Crippen molar-refractivity contribution >= 4 is 11.9 Å². The minimum absolute atomic E-state index is 0.0793. The Morgan fingerprint density at radius 1 is 0.426 bits per heavy atom. The maximum atomic E-state index is 12.2. The smallest absolute Gasteiger partial charge is 0.306 e. The Kier molecular flexibility index (Phi) is 42.1. The summed E-state index contributed by atoms with van der Waals surface area (Å²) in [6, 6.07) is 0. The maximum absolute atomic E-state index is 12.2. The first kappa shape index (κ1) is 51.1. The van der Waals surface area contributed by atoms with Gasteiger partial charge in [-0.05, 0) is 83.5 Å². The van der Waals surface area contributed by atoms with Crippen LogP contribution in [0.25, 0.3) is 0 Å². The zero-order chi connectivity index (χ0) is 39.3. The van der Waals surface area contributed by atoms with E-state index in [2.05, 4.69) is 98.9 Å². The summed E-state index contributed by atoms with van der Waals surface area (Å²) in [7, 11) is 0. The highest BCUT2D eigenvalue weighted by molar-refractivity contribution is 5.70. The molecule has 0 aliphatic rings. The lowest BCUT2D eigenvalue weighted by Crippen LogP contribution is -2.28. The van der Waals surface area contributed by atoms with Gasteiger partial charge in [-0.1, -0.05) is 182 Å². The summed E-state index contributed by atoms with van der Waals surface area (Å²) in [4.78, 5) is 24.3. The summed E-state index contributed by atoms with van der Waals surface area (Å²) in [5.74, 6) is -0.617. The molecule has 0 aromatic rings. The minimum Gasteiger partial charge on any atom is -0.462 e. The number of hydrogen-bond donors (Lipinski definition) is 1. The molecule has 0 aromatic carbocycles. The van der Waals surface area contributed by atoms with E-state index in [0.29, 0.717) is 12.8 Å². The van der Waals surface area contributed by atoms with E-state index in [-0.39, 0.29) is 25.2 Å². The molecule has 0 aliphatic heterocycles. The zero-order valence-corrected chi connectivity index (χ0v) is 35.0. The number of carbonyl (C=O) groups excluding carboxylic acids is 2. The number of carbonyl (C=O) groups is 2. The van der Waals surface area contributed by atoms with Gasteiger partial charge < -0.3 is 14.6 Å². The SMILES string of the molecule is CC/C=C\C/C=C\C/C=C\C/C=C\CCCCCCCCCCCCCCC(=O)OC(CO)COC(=O)CCCCCCC/C=C\C/C=C\C/C=C\CC. The lowest BCUT2D eigenvalue weighted by Gasteiger charge is -2.15. The molecule has 308 valence electrons. The fourth-order valence-corrected chi connectivity index (χ4v) is 5.91. The third-order valence-electron chi connectivity index (χ3n) is 9.18. The van der Waals surface area contributed by atoms with Crippen molar-refractivity contribution in [2.24, 2.45) is 0 Å². The molecule has 1 atom stereocenters. The first-order chi connectivity index (χ1) is 26.6. The molecular formula is C49H82O5. The fraction of sp³-hybridized carbons (Fsp3) is 0.673. The molecule has 0 spiro atoms. The molecule has 0 aromatic heterocycles. The van der Waals surface area contributed by atoms with E-state index in [1.807, 2.05) is 0 Å². The maximum Gasteiger partial charge on any atom is 0.306 e. The molecule has 1 unspecified atom stereocenters. The molecule has 0 amide bonds. The second kappa shape index (κ2) is 44.5. The van der Waals surface area contributed by atoms with E-state index in [0.717, 1.165) is 96.3 Å². The Hall–Kier alpha value is -2.92. The molecular weight excluding hydrogens is 669 g/mol. The molecule has 54 heavy (non-hydrogen) atoms. The highest BCUT2D eigenvalue weighted by Gasteiger charge is 2.16. The highest BCUT2D eigenvalue weighted by Crippen LogP contribution is 2.14.